The van der Waals surface area contributed by atoms with Crippen LogP contribution in [0.5, 0.6) is 5.75 Å². The normalized spacial score (nSPS) is 12.4. The predicted octanol–water partition coefficient (Wildman–Crippen LogP) is 2.38. The third kappa shape index (κ3) is 5.71. The molecule has 3 heteroatoms. The zero-order valence-electron chi connectivity index (χ0n) is 10.8. The summed E-state index contributed by atoms with van der Waals surface area (Å²) in [5, 5.41) is 0. The van der Waals surface area contributed by atoms with Crippen LogP contribution in [-0.2, 0) is 11.2 Å². The van der Waals surface area contributed by atoms with E-state index < -0.39 is 0 Å². The van der Waals surface area contributed by atoms with Crippen LogP contribution < -0.4 is 10.5 Å². The van der Waals surface area contributed by atoms with Crippen molar-refractivity contribution in [2.45, 2.75) is 32.7 Å². The molecule has 0 bridgehead atoms. The number of nitrogens with two attached hydrogens (primary N) is 1. The molecule has 1 rings (SSSR count). The third-order valence-electron chi connectivity index (χ3n) is 2.62. The number of benzene rings is 1. The smallest absolute Gasteiger partial charge is 0.119 e. The lowest BCUT2D eigenvalue weighted by molar-refractivity contribution is 0.110. The van der Waals surface area contributed by atoms with Gasteiger partial charge in [-0.05, 0) is 37.5 Å². The van der Waals surface area contributed by atoms with E-state index in [1.165, 1.54) is 5.56 Å². The van der Waals surface area contributed by atoms with E-state index in [0.29, 0.717) is 13.2 Å². The number of hydrogen-bond acceptors (Lipinski definition) is 3. The topological polar surface area (TPSA) is 44.5 Å². The highest BCUT2D eigenvalue weighted by atomic mass is 16.5. The summed E-state index contributed by atoms with van der Waals surface area (Å²) in [5.74, 6) is 0.894. The maximum Gasteiger partial charge on any atom is 0.119 e. The van der Waals surface area contributed by atoms with E-state index >= 15 is 0 Å². The third-order valence-corrected chi connectivity index (χ3v) is 2.62. The van der Waals surface area contributed by atoms with Crippen LogP contribution in [0, 0.1) is 0 Å². The summed E-state index contributed by atoms with van der Waals surface area (Å²) in [6.07, 6.45) is 1.90. The minimum absolute atomic E-state index is 0.230. The van der Waals surface area contributed by atoms with E-state index in [0.717, 1.165) is 25.2 Å². The van der Waals surface area contributed by atoms with Gasteiger partial charge in [-0.1, -0.05) is 19.1 Å². The Morgan fingerprint density at radius 3 is 2.76 bits per heavy atom. The molecule has 0 saturated heterocycles. The molecule has 0 aliphatic rings. The molecule has 0 heterocycles. The van der Waals surface area contributed by atoms with Crippen LogP contribution >= 0.6 is 0 Å². The largest absolute Gasteiger partial charge is 0.491 e. The van der Waals surface area contributed by atoms with Crippen molar-refractivity contribution in [3.8, 4) is 5.75 Å². The van der Waals surface area contributed by atoms with Gasteiger partial charge in [0.05, 0.1) is 6.61 Å². The summed E-state index contributed by atoms with van der Waals surface area (Å²) in [5.41, 5.74) is 7.16. The summed E-state index contributed by atoms with van der Waals surface area (Å²) < 4.78 is 10.8. The average Bonchev–Trinajstić information content (AvgIpc) is 2.35. The fraction of sp³-hybridized carbons (Fsp3) is 0.571. The number of hydrogen-bond donors (Lipinski definition) is 1. The first kappa shape index (κ1) is 14.0. The second-order valence-corrected chi connectivity index (χ2v) is 4.07. The molecule has 1 aromatic carbocycles. The van der Waals surface area contributed by atoms with E-state index in [9.17, 15) is 0 Å². The summed E-state index contributed by atoms with van der Waals surface area (Å²) in [6.45, 7) is 6.04. The summed E-state index contributed by atoms with van der Waals surface area (Å²) >= 11 is 0. The monoisotopic (exact) mass is 237 g/mol. The fourth-order valence-corrected chi connectivity index (χ4v) is 1.57. The molecule has 1 aromatic rings. The molecule has 1 atom stereocenters. The zero-order valence-corrected chi connectivity index (χ0v) is 10.8. The maximum absolute atomic E-state index is 5.93. The first-order valence-electron chi connectivity index (χ1n) is 6.31. The Labute approximate surface area is 104 Å². The highest BCUT2D eigenvalue weighted by Gasteiger charge is 2.02. The molecule has 2 N–H and O–H groups in total. The van der Waals surface area contributed by atoms with Crippen molar-refractivity contribution < 1.29 is 9.47 Å². The summed E-state index contributed by atoms with van der Waals surface area (Å²) in [6, 6.07) is 8.35. The molecule has 0 spiro atoms. The molecular weight excluding hydrogens is 214 g/mol. The molecule has 0 fully saturated rings. The van der Waals surface area contributed by atoms with Gasteiger partial charge < -0.3 is 15.2 Å². The molecular formula is C14H23NO2. The lowest BCUT2D eigenvalue weighted by atomic mass is 10.0. The molecule has 1 unspecified atom stereocenters. The van der Waals surface area contributed by atoms with Crippen LogP contribution in [0.15, 0.2) is 24.3 Å². The Bertz CT molecular complexity index is 315. The van der Waals surface area contributed by atoms with E-state index in [2.05, 4.69) is 19.1 Å². The van der Waals surface area contributed by atoms with Crippen molar-refractivity contribution >= 4 is 0 Å². The van der Waals surface area contributed by atoms with Crippen LogP contribution in [0.25, 0.3) is 0 Å². The summed E-state index contributed by atoms with van der Waals surface area (Å²) in [4.78, 5) is 0. The molecule has 0 amide bonds. The van der Waals surface area contributed by atoms with Crippen molar-refractivity contribution in [1.29, 1.82) is 0 Å². The molecule has 0 aliphatic heterocycles. The second-order valence-electron chi connectivity index (χ2n) is 4.07. The van der Waals surface area contributed by atoms with Gasteiger partial charge in [0.2, 0.25) is 0 Å². The molecule has 0 saturated carbocycles. The van der Waals surface area contributed by atoms with Gasteiger partial charge >= 0.3 is 0 Å². The SMILES string of the molecule is CCOCCOc1cccc(CC(N)CC)c1. The van der Waals surface area contributed by atoms with Crippen molar-refractivity contribution in [2.24, 2.45) is 5.73 Å². The molecule has 0 radical (unpaired) electrons. The van der Waals surface area contributed by atoms with Crippen LogP contribution in [-0.4, -0.2) is 25.9 Å². The van der Waals surface area contributed by atoms with Crippen LogP contribution in [0.3, 0.4) is 0 Å². The molecule has 96 valence electrons. The van der Waals surface area contributed by atoms with Gasteiger partial charge in [-0.25, -0.2) is 0 Å². The van der Waals surface area contributed by atoms with Crippen molar-refractivity contribution in [3.05, 3.63) is 29.8 Å². The van der Waals surface area contributed by atoms with Crippen molar-refractivity contribution in [1.82, 2.24) is 0 Å². The van der Waals surface area contributed by atoms with Gasteiger partial charge in [0.15, 0.2) is 0 Å². The Balaban J connectivity index is 2.42. The zero-order chi connectivity index (χ0) is 12.5. The Hall–Kier alpha value is -1.06. The lowest BCUT2D eigenvalue weighted by Crippen LogP contribution is -2.21. The molecule has 0 aliphatic carbocycles. The van der Waals surface area contributed by atoms with E-state index in [4.69, 9.17) is 15.2 Å². The Morgan fingerprint density at radius 2 is 2.06 bits per heavy atom. The highest BCUT2D eigenvalue weighted by Crippen LogP contribution is 2.14. The van der Waals surface area contributed by atoms with Gasteiger partial charge in [0.25, 0.3) is 0 Å². The van der Waals surface area contributed by atoms with Gasteiger partial charge in [-0.15, -0.1) is 0 Å². The van der Waals surface area contributed by atoms with Crippen molar-refractivity contribution in [2.75, 3.05) is 19.8 Å². The minimum Gasteiger partial charge on any atom is -0.491 e. The Morgan fingerprint density at radius 1 is 1.24 bits per heavy atom. The van der Waals surface area contributed by atoms with E-state index in [1.807, 2.05) is 19.1 Å². The highest BCUT2D eigenvalue weighted by molar-refractivity contribution is 5.29. The second kappa shape index (κ2) is 8.09. The standard InChI is InChI=1S/C14H23NO2/c1-3-13(15)10-12-6-5-7-14(11-12)17-9-8-16-4-2/h5-7,11,13H,3-4,8-10,15H2,1-2H3. The van der Waals surface area contributed by atoms with Gasteiger partial charge in [0, 0.05) is 12.6 Å². The summed E-state index contributed by atoms with van der Waals surface area (Å²) in [7, 11) is 0. The van der Waals surface area contributed by atoms with E-state index in [-0.39, 0.29) is 6.04 Å². The molecule has 0 aromatic heterocycles. The Kier molecular flexibility index (Phi) is 6.67. The minimum atomic E-state index is 0.230. The van der Waals surface area contributed by atoms with E-state index in [1.54, 1.807) is 0 Å². The van der Waals surface area contributed by atoms with Crippen LogP contribution in [0.4, 0.5) is 0 Å². The first-order chi connectivity index (χ1) is 8.26. The number of ether oxygens (including phenoxy) is 2. The fourth-order valence-electron chi connectivity index (χ4n) is 1.57. The predicted molar refractivity (Wildman–Crippen MR) is 70.4 cm³/mol. The quantitative estimate of drug-likeness (QED) is 0.706. The first-order valence-corrected chi connectivity index (χ1v) is 6.31. The molecule has 17 heavy (non-hydrogen) atoms. The van der Waals surface area contributed by atoms with Crippen LogP contribution in [0.1, 0.15) is 25.8 Å². The average molecular weight is 237 g/mol. The lowest BCUT2D eigenvalue weighted by Gasteiger charge is -2.11. The molecule has 3 nitrogen and oxygen atoms in total. The van der Waals surface area contributed by atoms with Gasteiger partial charge in [-0.2, -0.15) is 0 Å². The van der Waals surface area contributed by atoms with Crippen LogP contribution in [0.2, 0.25) is 0 Å². The van der Waals surface area contributed by atoms with Gasteiger partial charge in [-0.3, -0.25) is 0 Å². The van der Waals surface area contributed by atoms with Gasteiger partial charge in [0.1, 0.15) is 12.4 Å². The van der Waals surface area contributed by atoms with Crippen molar-refractivity contribution in [3.63, 3.8) is 0 Å². The maximum atomic E-state index is 5.93. The number of rotatable bonds is 8.